The fourth-order valence-corrected chi connectivity index (χ4v) is 4.96. The number of hydrogen-bond donors (Lipinski definition) is 0. The van der Waals surface area contributed by atoms with E-state index >= 15 is 0 Å². The lowest BCUT2D eigenvalue weighted by Gasteiger charge is -2.35. The summed E-state index contributed by atoms with van der Waals surface area (Å²) in [4.78, 5) is 15.7. The Morgan fingerprint density at radius 2 is 1.83 bits per heavy atom. The van der Waals surface area contributed by atoms with Gasteiger partial charge >= 0.3 is 0 Å². The molecule has 0 aromatic heterocycles. The number of sulfonamides is 1. The number of unbranched alkanes of at least 4 members (excludes halogenated alkanes) is 1. The van der Waals surface area contributed by atoms with Crippen LogP contribution in [0.1, 0.15) is 25.3 Å². The Labute approximate surface area is 144 Å². The lowest BCUT2D eigenvalue weighted by Crippen LogP contribution is -2.49. The highest BCUT2D eigenvalue weighted by Gasteiger charge is 2.28. The van der Waals surface area contributed by atoms with Gasteiger partial charge in [-0.05, 0) is 30.2 Å². The summed E-state index contributed by atoms with van der Waals surface area (Å²) in [6, 6.07) is 6.08. The monoisotopic (exact) mass is 351 g/mol. The molecule has 1 saturated heterocycles. The van der Waals surface area contributed by atoms with Gasteiger partial charge in [0, 0.05) is 44.6 Å². The standard InChI is InChI=1S/C17H25N3O3S/c1-3-4-11-24(22,23)20-9-7-19(8-10-20)15-5-6-16-14(12-15)13-17(21)18(16)2/h5-6,12H,3-4,7-11,13H2,1-2H3. The van der Waals surface area contributed by atoms with Crippen molar-refractivity contribution in [1.29, 1.82) is 0 Å². The number of hydrogen-bond acceptors (Lipinski definition) is 4. The van der Waals surface area contributed by atoms with Gasteiger partial charge in [-0.2, -0.15) is 4.31 Å². The van der Waals surface area contributed by atoms with E-state index in [1.807, 2.05) is 19.1 Å². The van der Waals surface area contributed by atoms with E-state index in [0.29, 0.717) is 32.6 Å². The highest BCUT2D eigenvalue weighted by atomic mass is 32.2. The number of likely N-dealkylation sites (N-methyl/N-ethyl adjacent to an activating group) is 1. The van der Waals surface area contributed by atoms with Crippen LogP contribution in [0.15, 0.2) is 18.2 Å². The van der Waals surface area contributed by atoms with Gasteiger partial charge < -0.3 is 9.80 Å². The molecule has 3 rings (SSSR count). The number of nitrogens with zero attached hydrogens (tertiary/aromatic N) is 3. The summed E-state index contributed by atoms with van der Waals surface area (Å²) in [5, 5.41) is 0. The molecule has 7 heteroatoms. The van der Waals surface area contributed by atoms with Gasteiger partial charge in [-0.15, -0.1) is 0 Å². The van der Waals surface area contributed by atoms with Crippen molar-refractivity contribution in [1.82, 2.24) is 4.31 Å². The molecule has 132 valence electrons. The average molecular weight is 351 g/mol. The first kappa shape index (κ1) is 17.2. The van der Waals surface area contributed by atoms with Crippen molar-refractivity contribution in [2.75, 3.05) is 48.8 Å². The van der Waals surface area contributed by atoms with Crippen molar-refractivity contribution in [2.24, 2.45) is 0 Å². The molecular weight excluding hydrogens is 326 g/mol. The number of amides is 1. The number of carbonyl (C=O) groups excluding carboxylic acids is 1. The van der Waals surface area contributed by atoms with E-state index in [-0.39, 0.29) is 11.7 Å². The van der Waals surface area contributed by atoms with Crippen LogP contribution in [0.4, 0.5) is 11.4 Å². The molecule has 1 aromatic carbocycles. The lowest BCUT2D eigenvalue weighted by molar-refractivity contribution is -0.117. The molecule has 2 aliphatic heterocycles. The van der Waals surface area contributed by atoms with E-state index in [0.717, 1.165) is 29.8 Å². The van der Waals surface area contributed by atoms with Gasteiger partial charge in [-0.1, -0.05) is 13.3 Å². The molecule has 0 unspecified atom stereocenters. The Balaban J connectivity index is 1.66. The summed E-state index contributed by atoms with van der Waals surface area (Å²) in [5.74, 6) is 0.366. The minimum Gasteiger partial charge on any atom is -0.369 e. The normalized spacial score (nSPS) is 19.0. The molecule has 0 aliphatic carbocycles. The van der Waals surface area contributed by atoms with Crippen LogP contribution in [-0.2, 0) is 21.2 Å². The number of piperazine rings is 1. The van der Waals surface area contributed by atoms with Crippen LogP contribution in [0.2, 0.25) is 0 Å². The summed E-state index contributed by atoms with van der Waals surface area (Å²) in [6.45, 7) is 4.44. The largest absolute Gasteiger partial charge is 0.369 e. The van der Waals surface area contributed by atoms with Crippen LogP contribution in [0, 0.1) is 0 Å². The molecule has 1 aromatic rings. The second-order valence-electron chi connectivity index (χ2n) is 6.50. The van der Waals surface area contributed by atoms with Crippen molar-refractivity contribution in [3.63, 3.8) is 0 Å². The van der Waals surface area contributed by atoms with E-state index in [1.54, 1.807) is 16.3 Å². The first-order valence-corrected chi connectivity index (χ1v) is 10.2. The maximum absolute atomic E-state index is 12.3. The van der Waals surface area contributed by atoms with Crippen LogP contribution in [-0.4, -0.2) is 57.6 Å². The van der Waals surface area contributed by atoms with Crippen molar-refractivity contribution in [3.8, 4) is 0 Å². The Morgan fingerprint density at radius 1 is 1.12 bits per heavy atom. The molecule has 6 nitrogen and oxygen atoms in total. The van der Waals surface area contributed by atoms with Gasteiger partial charge in [-0.25, -0.2) is 8.42 Å². The highest BCUT2D eigenvalue weighted by Crippen LogP contribution is 2.31. The minimum absolute atomic E-state index is 0.119. The second kappa shape index (κ2) is 6.72. The number of fused-ring (bicyclic) bond motifs is 1. The topological polar surface area (TPSA) is 60.9 Å². The van der Waals surface area contributed by atoms with E-state index in [9.17, 15) is 13.2 Å². The predicted octanol–water partition coefficient (Wildman–Crippen LogP) is 1.46. The van der Waals surface area contributed by atoms with E-state index in [1.165, 1.54) is 0 Å². The molecule has 0 atom stereocenters. The van der Waals surface area contributed by atoms with Gasteiger partial charge in [0.15, 0.2) is 0 Å². The van der Waals surface area contributed by atoms with Gasteiger partial charge in [-0.3, -0.25) is 4.79 Å². The first-order valence-electron chi connectivity index (χ1n) is 8.54. The summed E-state index contributed by atoms with van der Waals surface area (Å²) in [5.41, 5.74) is 3.10. The van der Waals surface area contributed by atoms with Gasteiger partial charge in [0.25, 0.3) is 0 Å². The Morgan fingerprint density at radius 3 is 2.50 bits per heavy atom. The summed E-state index contributed by atoms with van der Waals surface area (Å²) >= 11 is 0. The van der Waals surface area contributed by atoms with Crippen molar-refractivity contribution in [2.45, 2.75) is 26.2 Å². The Hall–Kier alpha value is -1.60. The maximum atomic E-state index is 12.3. The number of rotatable bonds is 5. The van der Waals surface area contributed by atoms with Crippen LogP contribution < -0.4 is 9.80 Å². The fourth-order valence-electron chi connectivity index (χ4n) is 3.33. The second-order valence-corrected chi connectivity index (χ2v) is 8.59. The molecule has 2 heterocycles. The first-order chi connectivity index (χ1) is 11.4. The number of benzene rings is 1. The number of carbonyl (C=O) groups is 1. The van der Waals surface area contributed by atoms with Crippen LogP contribution in [0.5, 0.6) is 0 Å². The zero-order chi connectivity index (χ0) is 17.3. The zero-order valence-electron chi connectivity index (χ0n) is 14.4. The SMILES string of the molecule is CCCCS(=O)(=O)N1CCN(c2ccc3c(c2)CC(=O)N3C)CC1. The van der Waals surface area contributed by atoms with Crippen molar-refractivity contribution < 1.29 is 13.2 Å². The zero-order valence-corrected chi connectivity index (χ0v) is 15.2. The van der Waals surface area contributed by atoms with Gasteiger partial charge in [0.2, 0.25) is 15.9 Å². The van der Waals surface area contributed by atoms with Crippen LogP contribution in [0.25, 0.3) is 0 Å². The molecule has 0 spiro atoms. The molecule has 2 aliphatic rings. The lowest BCUT2D eigenvalue weighted by atomic mass is 10.1. The third-order valence-electron chi connectivity index (χ3n) is 4.89. The molecule has 0 saturated carbocycles. The molecule has 0 N–H and O–H groups in total. The molecule has 24 heavy (non-hydrogen) atoms. The van der Waals surface area contributed by atoms with E-state index in [4.69, 9.17) is 0 Å². The summed E-state index contributed by atoms with van der Waals surface area (Å²) in [7, 11) is -1.32. The van der Waals surface area contributed by atoms with Crippen molar-refractivity contribution >= 4 is 27.3 Å². The smallest absolute Gasteiger partial charge is 0.231 e. The van der Waals surface area contributed by atoms with Crippen LogP contribution >= 0.6 is 0 Å². The third-order valence-corrected chi connectivity index (χ3v) is 6.85. The van der Waals surface area contributed by atoms with Crippen molar-refractivity contribution in [3.05, 3.63) is 23.8 Å². The molecular formula is C17H25N3O3S. The van der Waals surface area contributed by atoms with Gasteiger partial charge in [0.1, 0.15) is 0 Å². The minimum atomic E-state index is -3.12. The summed E-state index contributed by atoms with van der Waals surface area (Å²) in [6.07, 6.45) is 2.06. The molecule has 1 amide bonds. The summed E-state index contributed by atoms with van der Waals surface area (Å²) < 4.78 is 26.2. The van der Waals surface area contributed by atoms with Gasteiger partial charge in [0.05, 0.1) is 12.2 Å². The van der Waals surface area contributed by atoms with E-state index < -0.39 is 10.0 Å². The van der Waals surface area contributed by atoms with Crippen LogP contribution in [0.3, 0.4) is 0 Å². The fraction of sp³-hybridized carbons (Fsp3) is 0.588. The predicted molar refractivity (Wildman–Crippen MR) is 96.0 cm³/mol. The average Bonchev–Trinajstić information content (AvgIpc) is 2.87. The maximum Gasteiger partial charge on any atom is 0.231 e. The quantitative estimate of drug-likeness (QED) is 0.806. The van der Waals surface area contributed by atoms with E-state index in [2.05, 4.69) is 11.0 Å². The molecule has 1 fully saturated rings. The molecule has 0 bridgehead atoms. The Kier molecular flexibility index (Phi) is 4.83. The number of anilines is 2. The molecule has 0 radical (unpaired) electrons. The highest BCUT2D eigenvalue weighted by molar-refractivity contribution is 7.89. The Bertz CT molecular complexity index is 725. The third kappa shape index (κ3) is 3.28.